The van der Waals surface area contributed by atoms with E-state index in [2.05, 4.69) is 39.3 Å². The third-order valence-corrected chi connectivity index (χ3v) is 4.79. The van der Waals surface area contributed by atoms with Gasteiger partial charge in [-0.05, 0) is 26.3 Å². The Hall–Kier alpha value is -0.120. The Labute approximate surface area is 158 Å². The van der Waals surface area contributed by atoms with Gasteiger partial charge in [-0.3, -0.25) is 9.89 Å². The molecule has 0 aromatic heterocycles. The third kappa shape index (κ3) is 7.11. The zero-order chi connectivity index (χ0) is 15.8. The van der Waals surface area contributed by atoms with Crippen molar-refractivity contribution in [3.8, 4) is 0 Å². The molecule has 1 unspecified atom stereocenters. The number of nitrogens with one attached hydrogen (secondary N) is 2. The molecular formula is C16H34IN5O. The molecule has 2 fully saturated rings. The lowest BCUT2D eigenvalue weighted by molar-refractivity contribution is 0.0242. The predicted molar refractivity (Wildman–Crippen MR) is 107 cm³/mol. The largest absolute Gasteiger partial charge is 0.373 e. The summed E-state index contributed by atoms with van der Waals surface area (Å²) in [5, 5.41) is 6.80. The van der Waals surface area contributed by atoms with Gasteiger partial charge in [-0.1, -0.05) is 6.92 Å². The first-order valence-corrected chi connectivity index (χ1v) is 8.68. The zero-order valence-corrected chi connectivity index (χ0v) is 17.3. The topological polar surface area (TPSA) is 52.1 Å². The number of piperazine rings is 1. The van der Waals surface area contributed by atoms with Crippen LogP contribution in [0.2, 0.25) is 0 Å². The maximum Gasteiger partial charge on any atom is 0.191 e. The molecule has 0 aromatic rings. The van der Waals surface area contributed by atoms with Gasteiger partial charge < -0.3 is 20.3 Å². The Morgan fingerprint density at radius 1 is 1.17 bits per heavy atom. The molecule has 136 valence electrons. The molecule has 6 nitrogen and oxygen atoms in total. The molecule has 2 rings (SSSR count). The summed E-state index contributed by atoms with van der Waals surface area (Å²) >= 11 is 0. The smallest absolute Gasteiger partial charge is 0.191 e. The van der Waals surface area contributed by atoms with Gasteiger partial charge in [-0.2, -0.15) is 0 Å². The Balaban J connectivity index is 0.00000264. The van der Waals surface area contributed by atoms with Crippen molar-refractivity contribution in [3.63, 3.8) is 0 Å². The molecule has 7 heteroatoms. The SMILES string of the molecule is CCN1CCN(CCNC(=NC)NCC2(C)CCCO2)CC1.I. The maximum absolute atomic E-state index is 5.80. The minimum absolute atomic E-state index is 0. The van der Waals surface area contributed by atoms with Gasteiger partial charge in [0.25, 0.3) is 0 Å². The van der Waals surface area contributed by atoms with Gasteiger partial charge in [0.05, 0.1) is 5.60 Å². The summed E-state index contributed by atoms with van der Waals surface area (Å²) in [4.78, 5) is 9.33. The van der Waals surface area contributed by atoms with Crippen LogP contribution in [0, 0.1) is 0 Å². The molecule has 0 saturated carbocycles. The van der Waals surface area contributed by atoms with Crippen molar-refractivity contribution >= 4 is 29.9 Å². The fourth-order valence-electron chi connectivity index (χ4n) is 3.13. The van der Waals surface area contributed by atoms with E-state index in [1.807, 2.05) is 7.05 Å². The summed E-state index contributed by atoms with van der Waals surface area (Å²) in [5.74, 6) is 0.879. The van der Waals surface area contributed by atoms with E-state index < -0.39 is 0 Å². The molecule has 2 N–H and O–H groups in total. The van der Waals surface area contributed by atoms with Gasteiger partial charge >= 0.3 is 0 Å². The van der Waals surface area contributed by atoms with Crippen LogP contribution in [0.1, 0.15) is 26.7 Å². The molecule has 2 heterocycles. The fourth-order valence-corrected chi connectivity index (χ4v) is 3.13. The normalized spacial score (nSPS) is 26.8. The van der Waals surface area contributed by atoms with E-state index in [4.69, 9.17) is 4.74 Å². The Morgan fingerprint density at radius 2 is 1.87 bits per heavy atom. The summed E-state index contributed by atoms with van der Waals surface area (Å²) in [6.07, 6.45) is 2.28. The zero-order valence-electron chi connectivity index (χ0n) is 14.9. The molecule has 0 spiro atoms. The summed E-state index contributed by atoms with van der Waals surface area (Å²) in [6.45, 7) is 14.0. The Morgan fingerprint density at radius 3 is 2.43 bits per heavy atom. The number of hydrogen-bond donors (Lipinski definition) is 2. The van der Waals surface area contributed by atoms with E-state index in [1.54, 1.807) is 0 Å². The number of aliphatic imine (C=N–C) groups is 1. The van der Waals surface area contributed by atoms with Crippen LogP contribution in [0.4, 0.5) is 0 Å². The maximum atomic E-state index is 5.80. The number of ether oxygens (including phenoxy) is 1. The van der Waals surface area contributed by atoms with Crippen molar-refractivity contribution < 1.29 is 4.74 Å². The quantitative estimate of drug-likeness (QED) is 0.367. The van der Waals surface area contributed by atoms with Crippen LogP contribution in [-0.4, -0.2) is 87.4 Å². The minimum Gasteiger partial charge on any atom is -0.373 e. The molecule has 2 aliphatic rings. The van der Waals surface area contributed by atoms with E-state index in [0.29, 0.717) is 0 Å². The van der Waals surface area contributed by atoms with Crippen LogP contribution in [-0.2, 0) is 4.74 Å². The van der Waals surface area contributed by atoms with Crippen LogP contribution in [0.3, 0.4) is 0 Å². The molecule has 0 aromatic carbocycles. The van der Waals surface area contributed by atoms with Gasteiger partial charge in [-0.15, -0.1) is 24.0 Å². The molecule has 0 amide bonds. The van der Waals surface area contributed by atoms with Crippen molar-refractivity contribution in [1.82, 2.24) is 20.4 Å². The molecule has 0 aliphatic carbocycles. The van der Waals surface area contributed by atoms with E-state index in [0.717, 1.165) is 45.0 Å². The highest BCUT2D eigenvalue weighted by molar-refractivity contribution is 14.0. The van der Waals surface area contributed by atoms with Crippen molar-refractivity contribution in [2.75, 3.05) is 66.0 Å². The minimum atomic E-state index is -0.0336. The average molecular weight is 439 g/mol. The van der Waals surface area contributed by atoms with Gasteiger partial charge in [0.2, 0.25) is 0 Å². The summed E-state index contributed by atoms with van der Waals surface area (Å²) in [6, 6.07) is 0. The van der Waals surface area contributed by atoms with E-state index in [9.17, 15) is 0 Å². The molecule has 2 aliphatic heterocycles. The molecule has 2 saturated heterocycles. The second-order valence-electron chi connectivity index (χ2n) is 6.53. The highest BCUT2D eigenvalue weighted by Crippen LogP contribution is 2.23. The van der Waals surface area contributed by atoms with E-state index in [-0.39, 0.29) is 29.6 Å². The molecule has 23 heavy (non-hydrogen) atoms. The predicted octanol–water partition coefficient (Wildman–Crippen LogP) is 0.976. The molecule has 0 bridgehead atoms. The molecule has 0 radical (unpaired) electrons. The Bertz CT molecular complexity index is 352. The summed E-state index contributed by atoms with van der Waals surface area (Å²) in [7, 11) is 1.83. The molecular weight excluding hydrogens is 405 g/mol. The van der Waals surface area contributed by atoms with E-state index in [1.165, 1.54) is 32.7 Å². The summed E-state index contributed by atoms with van der Waals surface area (Å²) < 4.78 is 5.80. The monoisotopic (exact) mass is 439 g/mol. The van der Waals surface area contributed by atoms with Crippen LogP contribution < -0.4 is 10.6 Å². The number of nitrogens with zero attached hydrogens (tertiary/aromatic N) is 3. The lowest BCUT2D eigenvalue weighted by atomic mass is 10.0. The number of halogens is 1. The highest BCUT2D eigenvalue weighted by atomic mass is 127. The lowest BCUT2D eigenvalue weighted by Crippen LogP contribution is -2.50. The van der Waals surface area contributed by atoms with Crippen LogP contribution >= 0.6 is 24.0 Å². The number of likely N-dealkylation sites (N-methyl/N-ethyl adjacent to an activating group) is 1. The van der Waals surface area contributed by atoms with Crippen LogP contribution in [0.15, 0.2) is 4.99 Å². The van der Waals surface area contributed by atoms with Gasteiger partial charge in [0, 0.05) is 59.5 Å². The fraction of sp³-hybridized carbons (Fsp3) is 0.938. The first kappa shape index (κ1) is 20.9. The first-order chi connectivity index (χ1) is 10.6. The number of rotatable bonds is 6. The van der Waals surface area contributed by atoms with Crippen LogP contribution in [0.5, 0.6) is 0 Å². The lowest BCUT2D eigenvalue weighted by Gasteiger charge is -2.34. The van der Waals surface area contributed by atoms with E-state index >= 15 is 0 Å². The van der Waals surface area contributed by atoms with Crippen LogP contribution in [0.25, 0.3) is 0 Å². The second kappa shape index (κ2) is 10.7. The average Bonchev–Trinajstić information content (AvgIpc) is 2.98. The summed E-state index contributed by atoms with van der Waals surface area (Å²) in [5.41, 5.74) is -0.0336. The van der Waals surface area contributed by atoms with Crippen molar-refractivity contribution in [3.05, 3.63) is 0 Å². The standard InChI is InChI=1S/C16H33N5O.HI/c1-4-20-9-11-21(12-10-20)8-7-18-15(17-3)19-14-16(2)6-5-13-22-16;/h4-14H2,1-3H3,(H2,17,18,19);1H. The second-order valence-corrected chi connectivity index (χ2v) is 6.53. The molecule has 1 atom stereocenters. The van der Waals surface area contributed by atoms with Gasteiger partial charge in [-0.25, -0.2) is 0 Å². The third-order valence-electron chi connectivity index (χ3n) is 4.79. The number of hydrogen-bond acceptors (Lipinski definition) is 4. The first-order valence-electron chi connectivity index (χ1n) is 8.68. The van der Waals surface area contributed by atoms with Gasteiger partial charge in [0.15, 0.2) is 5.96 Å². The van der Waals surface area contributed by atoms with Gasteiger partial charge in [0.1, 0.15) is 0 Å². The van der Waals surface area contributed by atoms with Crippen molar-refractivity contribution in [1.29, 1.82) is 0 Å². The van der Waals surface area contributed by atoms with Crippen molar-refractivity contribution in [2.45, 2.75) is 32.3 Å². The highest BCUT2D eigenvalue weighted by Gasteiger charge is 2.29. The Kier molecular flexibility index (Phi) is 9.72. The number of guanidine groups is 1. The van der Waals surface area contributed by atoms with Crippen molar-refractivity contribution in [2.24, 2.45) is 4.99 Å².